The van der Waals surface area contributed by atoms with Gasteiger partial charge in [0, 0.05) is 6.04 Å². The van der Waals surface area contributed by atoms with Gasteiger partial charge in [0.05, 0.1) is 0 Å². The largest absolute Gasteiger partial charge is 0.271 e. The van der Waals surface area contributed by atoms with Crippen molar-refractivity contribution in [2.24, 2.45) is 23.6 Å². The van der Waals surface area contributed by atoms with Gasteiger partial charge in [-0.1, -0.05) is 26.0 Å². The molecule has 0 amide bonds. The van der Waals surface area contributed by atoms with Crippen LogP contribution in [0.2, 0.25) is 0 Å². The topological polar surface area (TPSA) is 38.0 Å². The van der Waals surface area contributed by atoms with Crippen LogP contribution in [-0.2, 0) is 0 Å². The third-order valence-electron chi connectivity index (χ3n) is 4.42. The summed E-state index contributed by atoms with van der Waals surface area (Å²) in [5.74, 6) is 7.53. The number of nitrogens with one attached hydrogen (secondary N) is 1. The Kier molecular flexibility index (Phi) is 4.58. The molecule has 1 aromatic carbocycles. The van der Waals surface area contributed by atoms with Gasteiger partial charge in [0.25, 0.3) is 0 Å². The molecule has 1 aromatic rings. The monoisotopic (exact) mass is 264 g/mol. The van der Waals surface area contributed by atoms with Gasteiger partial charge in [0.1, 0.15) is 5.82 Å². The molecule has 3 unspecified atom stereocenters. The lowest BCUT2D eigenvalue weighted by Gasteiger charge is -2.36. The van der Waals surface area contributed by atoms with E-state index in [1.807, 2.05) is 12.1 Å². The summed E-state index contributed by atoms with van der Waals surface area (Å²) in [7, 11) is 0. The minimum atomic E-state index is -0.144. The number of aryl methyl sites for hydroxylation is 1. The highest BCUT2D eigenvalue weighted by Crippen LogP contribution is 2.39. The summed E-state index contributed by atoms with van der Waals surface area (Å²) in [5.41, 5.74) is 4.56. The zero-order chi connectivity index (χ0) is 14.0. The number of halogens is 1. The molecule has 0 aromatic heterocycles. The molecule has 106 valence electrons. The van der Waals surface area contributed by atoms with Gasteiger partial charge in [-0.25, -0.2) is 4.39 Å². The lowest BCUT2D eigenvalue weighted by Crippen LogP contribution is -2.37. The maximum Gasteiger partial charge on any atom is 0.126 e. The first kappa shape index (κ1) is 14.5. The second-order valence-corrected chi connectivity index (χ2v) is 6.33. The standard InChI is InChI=1S/C16H25FN2/c1-10-6-11(2)8-14(7-10)16(19-18)13-5-4-12(3)15(17)9-13/h4-5,9-11,14,16,19H,6-8,18H2,1-3H3. The Morgan fingerprint density at radius 2 is 1.84 bits per heavy atom. The van der Waals surface area contributed by atoms with Crippen molar-refractivity contribution >= 4 is 0 Å². The van der Waals surface area contributed by atoms with Gasteiger partial charge >= 0.3 is 0 Å². The zero-order valence-electron chi connectivity index (χ0n) is 12.1. The van der Waals surface area contributed by atoms with Gasteiger partial charge in [-0.3, -0.25) is 11.3 Å². The molecule has 0 heterocycles. The van der Waals surface area contributed by atoms with Gasteiger partial charge in [0.2, 0.25) is 0 Å². The molecule has 1 aliphatic rings. The van der Waals surface area contributed by atoms with Gasteiger partial charge in [-0.15, -0.1) is 0 Å². The summed E-state index contributed by atoms with van der Waals surface area (Å²) in [4.78, 5) is 0. The molecule has 0 bridgehead atoms. The van der Waals surface area contributed by atoms with Crippen LogP contribution in [0.5, 0.6) is 0 Å². The molecule has 19 heavy (non-hydrogen) atoms. The normalized spacial score (nSPS) is 29.2. The van der Waals surface area contributed by atoms with Crippen molar-refractivity contribution in [2.45, 2.75) is 46.1 Å². The van der Waals surface area contributed by atoms with E-state index in [4.69, 9.17) is 5.84 Å². The Morgan fingerprint density at radius 1 is 1.21 bits per heavy atom. The van der Waals surface area contributed by atoms with Crippen LogP contribution in [-0.4, -0.2) is 0 Å². The quantitative estimate of drug-likeness (QED) is 0.645. The van der Waals surface area contributed by atoms with E-state index in [-0.39, 0.29) is 11.9 Å². The fraction of sp³-hybridized carbons (Fsp3) is 0.625. The third-order valence-corrected chi connectivity index (χ3v) is 4.42. The molecule has 3 N–H and O–H groups in total. The van der Waals surface area contributed by atoms with Gasteiger partial charge in [-0.2, -0.15) is 0 Å². The van der Waals surface area contributed by atoms with Gasteiger partial charge < -0.3 is 0 Å². The molecule has 0 spiro atoms. The minimum Gasteiger partial charge on any atom is -0.271 e. The van der Waals surface area contributed by atoms with Crippen LogP contribution in [0.25, 0.3) is 0 Å². The molecule has 3 heteroatoms. The summed E-state index contributed by atoms with van der Waals surface area (Å²) in [6.07, 6.45) is 3.61. The first-order chi connectivity index (χ1) is 9.01. The van der Waals surface area contributed by atoms with Crippen molar-refractivity contribution in [3.05, 3.63) is 35.1 Å². The average molecular weight is 264 g/mol. The van der Waals surface area contributed by atoms with Crippen LogP contribution in [0.4, 0.5) is 4.39 Å². The van der Waals surface area contributed by atoms with Crippen LogP contribution < -0.4 is 11.3 Å². The molecule has 3 atom stereocenters. The third kappa shape index (κ3) is 3.34. The Bertz CT molecular complexity index is 423. The zero-order valence-corrected chi connectivity index (χ0v) is 12.1. The molecule has 0 radical (unpaired) electrons. The van der Waals surface area contributed by atoms with Crippen molar-refractivity contribution in [1.82, 2.24) is 5.43 Å². The first-order valence-corrected chi connectivity index (χ1v) is 7.23. The maximum absolute atomic E-state index is 13.7. The number of nitrogens with two attached hydrogens (primary N) is 1. The molecule has 0 aliphatic heterocycles. The van der Waals surface area contributed by atoms with Crippen molar-refractivity contribution in [3.8, 4) is 0 Å². The van der Waals surface area contributed by atoms with Crippen LogP contribution in [0, 0.1) is 30.5 Å². The highest BCUT2D eigenvalue weighted by molar-refractivity contribution is 5.26. The molecule has 0 saturated heterocycles. The van der Waals surface area contributed by atoms with Crippen molar-refractivity contribution < 1.29 is 4.39 Å². The molecule has 1 aliphatic carbocycles. The highest BCUT2D eigenvalue weighted by Gasteiger charge is 2.30. The van der Waals surface area contributed by atoms with Crippen molar-refractivity contribution in [1.29, 1.82) is 0 Å². The van der Waals surface area contributed by atoms with Crippen LogP contribution in [0.1, 0.15) is 50.3 Å². The second-order valence-electron chi connectivity index (χ2n) is 6.33. The lowest BCUT2D eigenvalue weighted by molar-refractivity contribution is 0.177. The molecule has 2 rings (SSSR count). The average Bonchev–Trinajstić information content (AvgIpc) is 2.33. The van der Waals surface area contributed by atoms with Crippen LogP contribution in [0.3, 0.4) is 0 Å². The van der Waals surface area contributed by atoms with E-state index in [0.717, 1.165) is 30.2 Å². The summed E-state index contributed by atoms with van der Waals surface area (Å²) >= 11 is 0. The van der Waals surface area contributed by atoms with E-state index >= 15 is 0 Å². The van der Waals surface area contributed by atoms with E-state index in [9.17, 15) is 4.39 Å². The van der Waals surface area contributed by atoms with Crippen molar-refractivity contribution in [2.75, 3.05) is 0 Å². The number of hydrazine groups is 1. The van der Waals surface area contributed by atoms with Gasteiger partial charge in [-0.05, 0) is 61.1 Å². The summed E-state index contributed by atoms with van der Waals surface area (Å²) in [5, 5.41) is 0. The minimum absolute atomic E-state index is 0.0558. The van der Waals surface area contributed by atoms with Crippen molar-refractivity contribution in [3.63, 3.8) is 0 Å². The SMILES string of the molecule is Cc1ccc(C(NN)C2CC(C)CC(C)C2)cc1F. The molecular formula is C16H25FN2. The second kappa shape index (κ2) is 6.02. The van der Waals surface area contributed by atoms with Gasteiger partial charge in [0.15, 0.2) is 0 Å². The number of rotatable bonds is 3. The molecule has 2 nitrogen and oxygen atoms in total. The Hall–Kier alpha value is -0.930. The maximum atomic E-state index is 13.7. The number of benzene rings is 1. The Balaban J connectivity index is 2.21. The molecular weight excluding hydrogens is 239 g/mol. The predicted molar refractivity (Wildman–Crippen MR) is 76.9 cm³/mol. The fourth-order valence-electron chi connectivity index (χ4n) is 3.59. The lowest BCUT2D eigenvalue weighted by atomic mass is 9.72. The Morgan fingerprint density at radius 3 is 2.37 bits per heavy atom. The fourth-order valence-corrected chi connectivity index (χ4v) is 3.59. The number of hydrogen-bond donors (Lipinski definition) is 2. The summed E-state index contributed by atoms with van der Waals surface area (Å²) < 4.78 is 13.7. The van der Waals surface area contributed by atoms with E-state index in [1.165, 1.54) is 6.42 Å². The molecule has 1 fully saturated rings. The van der Waals surface area contributed by atoms with Crippen LogP contribution in [0.15, 0.2) is 18.2 Å². The first-order valence-electron chi connectivity index (χ1n) is 7.23. The number of hydrogen-bond acceptors (Lipinski definition) is 2. The van der Waals surface area contributed by atoms with E-state index < -0.39 is 0 Å². The van der Waals surface area contributed by atoms with Crippen LogP contribution >= 0.6 is 0 Å². The highest BCUT2D eigenvalue weighted by atomic mass is 19.1. The van der Waals surface area contributed by atoms with E-state index in [2.05, 4.69) is 19.3 Å². The predicted octanol–water partition coefficient (Wildman–Crippen LogP) is 3.71. The summed E-state index contributed by atoms with van der Waals surface area (Å²) in [6.45, 7) is 6.38. The summed E-state index contributed by atoms with van der Waals surface area (Å²) in [6, 6.07) is 5.52. The Labute approximate surface area is 115 Å². The van der Waals surface area contributed by atoms with E-state index in [0.29, 0.717) is 11.5 Å². The smallest absolute Gasteiger partial charge is 0.126 e. The van der Waals surface area contributed by atoms with E-state index in [1.54, 1.807) is 13.0 Å². The molecule has 1 saturated carbocycles.